The lowest BCUT2D eigenvalue weighted by Gasteiger charge is -1.96. The summed E-state index contributed by atoms with van der Waals surface area (Å²) >= 11 is 1.42. The summed E-state index contributed by atoms with van der Waals surface area (Å²) in [7, 11) is 0. The van der Waals surface area contributed by atoms with Crippen LogP contribution < -0.4 is 5.69 Å². The van der Waals surface area contributed by atoms with Gasteiger partial charge in [-0.05, 0) is 19.1 Å². The molecule has 0 aliphatic rings. The largest absolute Gasteiger partial charge is 0.350 e. The summed E-state index contributed by atoms with van der Waals surface area (Å²) in [5.74, 6) is -0.114. The van der Waals surface area contributed by atoms with Crippen LogP contribution >= 0.6 is 11.3 Å². The van der Waals surface area contributed by atoms with E-state index in [0.29, 0.717) is 10.5 Å². The molecule has 0 saturated carbocycles. The fourth-order valence-electron chi connectivity index (χ4n) is 1.78. The molecule has 0 atom stereocenters. The lowest BCUT2D eigenvalue weighted by Crippen LogP contribution is -2.24. The molecule has 0 saturated heterocycles. The van der Waals surface area contributed by atoms with Gasteiger partial charge in [0.15, 0.2) is 11.4 Å². The molecule has 0 aromatic carbocycles. The summed E-state index contributed by atoms with van der Waals surface area (Å²) < 4.78 is 2.52. The van der Waals surface area contributed by atoms with E-state index in [4.69, 9.17) is 0 Å². The number of aromatic nitrogens is 4. The Morgan fingerprint density at radius 2 is 2.26 bits per heavy atom. The second-order valence-corrected chi connectivity index (χ2v) is 5.37. The molecular weight excluding hydrogens is 264 g/mol. The van der Waals surface area contributed by atoms with Gasteiger partial charge in [0.25, 0.3) is 0 Å². The maximum Gasteiger partial charge on any atom is 0.350 e. The van der Waals surface area contributed by atoms with Crippen LogP contribution in [-0.4, -0.2) is 24.9 Å². The summed E-state index contributed by atoms with van der Waals surface area (Å²) in [5, 5.41) is 4.07. The van der Waals surface area contributed by atoms with Crippen molar-refractivity contribution in [3.8, 4) is 0 Å². The van der Waals surface area contributed by atoms with E-state index >= 15 is 0 Å². The highest BCUT2D eigenvalue weighted by Crippen LogP contribution is 2.15. The summed E-state index contributed by atoms with van der Waals surface area (Å²) in [5.41, 5.74) is 0.0988. The van der Waals surface area contributed by atoms with Crippen molar-refractivity contribution in [1.82, 2.24) is 19.2 Å². The second kappa shape index (κ2) is 4.43. The molecule has 3 aromatic rings. The zero-order valence-electron chi connectivity index (χ0n) is 10.1. The first-order valence-electron chi connectivity index (χ1n) is 5.64. The van der Waals surface area contributed by atoms with Crippen LogP contribution in [0.15, 0.2) is 35.5 Å². The average molecular weight is 274 g/mol. The Balaban J connectivity index is 1.95. The van der Waals surface area contributed by atoms with E-state index in [9.17, 15) is 9.59 Å². The molecule has 7 heteroatoms. The zero-order valence-corrected chi connectivity index (χ0v) is 10.9. The van der Waals surface area contributed by atoms with Crippen LogP contribution in [0.3, 0.4) is 0 Å². The zero-order chi connectivity index (χ0) is 13.4. The first-order valence-corrected chi connectivity index (χ1v) is 6.45. The first kappa shape index (κ1) is 11.8. The quantitative estimate of drug-likeness (QED) is 0.672. The Hall–Kier alpha value is -2.28. The van der Waals surface area contributed by atoms with Crippen LogP contribution in [0.5, 0.6) is 0 Å². The van der Waals surface area contributed by atoms with Crippen molar-refractivity contribution in [2.75, 3.05) is 0 Å². The predicted molar refractivity (Wildman–Crippen MR) is 70.6 cm³/mol. The summed E-state index contributed by atoms with van der Waals surface area (Å²) in [4.78, 5) is 29.6. The molecule has 0 aliphatic heterocycles. The van der Waals surface area contributed by atoms with E-state index in [1.807, 2.05) is 13.0 Å². The number of fused-ring (bicyclic) bond motifs is 1. The minimum absolute atomic E-state index is 0.0551. The van der Waals surface area contributed by atoms with Gasteiger partial charge in [-0.2, -0.15) is 0 Å². The van der Waals surface area contributed by atoms with Gasteiger partial charge in [0, 0.05) is 17.3 Å². The maximum absolute atomic E-state index is 12.0. The minimum atomic E-state index is -0.334. The number of carbonyl (C=O) groups is 1. The number of carbonyl (C=O) groups excluding carboxylic acids is 1. The lowest BCUT2D eigenvalue weighted by molar-refractivity contribution is 0.0970. The molecule has 0 radical (unpaired) electrons. The molecule has 3 heterocycles. The van der Waals surface area contributed by atoms with Crippen LogP contribution in [0.2, 0.25) is 0 Å². The van der Waals surface area contributed by atoms with Crippen LogP contribution in [0, 0.1) is 6.92 Å². The molecule has 19 heavy (non-hydrogen) atoms. The topological polar surface area (TPSA) is 69.3 Å². The third-order valence-corrected chi connectivity index (χ3v) is 3.74. The highest BCUT2D eigenvalue weighted by Gasteiger charge is 2.13. The number of thiophene rings is 1. The standard InChI is InChI=1S/C12H10N4O2S/c1-8-2-3-10(19-8)9(17)7-16-12(18)15-5-4-13-6-11(15)14-16/h2-6H,7H2,1H3. The molecule has 0 amide bonds. The van der Waals surface area contributed by atoms with Gasteiger partial charge in [0.1, 0.15) is 6.54 Å². The monoisotopic (exact) mass is 274 g/mol. The third-order valence-electron chi connectivity index (χ3n) is 2.70. The molecule has 6 nitrogen and oxygen atoms in total. The highest BCUT2D eigenvalue weighted by atomic mass is 32.1. The molecule has 0 N–H and O–H groups in total. The van der Waals surface area contributed by atoms with Crippen molar-refractivity contribution < 1.29 is 4.79 Å². The third kappa shape index (κ3) is 2.08. The molecular formula is C12H10N4O2S. The van der Waals surface area contributed by atoms with Gasteiger partial charge in [-0.25, -0.2) is 13.9 Å². The smallest absolute Gasteiger partial charge is 0.291 e. The number of Topliss-reactive ketones (excluding diaryl/α,β-unsaturated/α-hetero) is 1. The van der Waals surface area contributed by atoms with Crippen LogP contribution in [0.1, 0.15) is 14.5 Å². The number of rotatable bonds is 3. The van der Waals surface area contributed by atoms with Gasteiger partial charge < -0.3 is 0 Å². The lowest BCUT2D eigenvalue weighted by atomic mass is 10.3. The fourth-order valence-corrected chi connectivity index (χ4v) is 2.58. The molecule has 3 aromatic heterocycles. The second-order valence-electron chi connectivity index (χ2n) is 4.08. The first-order chi connectivity index (χ1) is 9.15. The minimum Gasteiger partial charge on any atom is -0.291 e. The van der Waals surface area contributed by atoms with Crippen molar-refractivity contribution >= 4 is 22.8 Å². The van der Waals surface area contributed by atoms with Gasteiger partial charge in [-0.15, -0.1) is 16.4 Å². The summed E-state index contributed by atoms with van der Waals surface area (Å²) in [6.07, 6.45) is 4.52. The number of aryl methyl sites for hydroxylation is 1. The molecule has 0 aliphatic carbocycles. The molecule has 3 rings (SSSR count). The van der Waals surface area contributed by atoms with Gasteiger partial charge in [-0.3, -0.25) is 9.78 Å². The van der Waals surface area contributed by atoms with Gasteiger partial charge in [0.05, 0.1) is 11.1 Å². The Morgan fingerprint density at radius 1 is 1.42 bits per heavy atom. The number of hydrogen-bond acceptors (Lipinski definition) is 5. The fraction of sp³-hybridized carbons (Fsp3) is 0.167. The van der Waals surface area contributed by atoms with Crippen LogP contribution in [0.25, 0.3) is 5.65 Å². The van der Waals surface area contributed by atoms with Crippen molar-refractivity contribution in [1.29, 1.82) is 0 Å². The predicted octanol–water partition coefficient (Wildman–Crippen LogP) is 1.14. The van der Waals surface area contributed by atoms with E-state index < -0.39 is 0 Å². The molecule has 0 unspecified atom stereocenters. The number of ketones is 1. The van der Waals surface area contributed by atoms with Crippen molar-refractivity contribution in [2.45, 2.75) is 13.5 Å². The van der Waals surface area contributed by atoms with E-state index in [1.165, 1.54) is 34.3 Å². The molecule has 96 valence electrons. The summed E-state index contributed by atoms with van der Waals surface area (Å²) in [6, 6.07) is 3.65. The normalized spacial score (nSPS) is 11.0. The van der Waals surface area contributed by atoms with Gasteiger partial charge in [-0.1, -0.05) is 0 Å². The van der Waals surface area contributed by atoms with Crippen molar-refractivity contribution in [2.24, 2.45) is 0 Å². The van der Waals surface area contributed by atoms with E-state index in [2.05, 4.69) is 10.1 Å². The highest BCUT2D eigenvalue weighted by molar-refractivity contribution is 7.14. The number of nitrogens with zero attached hydrogens (tertiary/aromatic N) is 4. The van der Waals surface area contributed by atoms with E-state index in [0.717, 1.165) is 9.56 Å². The molecule has 0 bridgehead atoms. The molecule has 0 fully saturated rings. The van der Waals surface area contributed by atoms with Crippen LogP contribution in [-0.2, 0) is 6.54 Å². The Labute approximate surface area is 112 Å². The number of hydrogen-bond donors (Lipinski definition) is 0. The van der Waals surface area contributed by atoms with Crippen LogP contribution in [0.4, 0.5) is 0 Å². The Bertz CT molecular complexity index is 814. The average Bonchev–Trinajstić information content (AvgIpc) is 2.96. The van der Waals surface area contributed by atoms with Crippen molar-refractivity contribution in [3.05, 3.63) is 51.0 Å². The van der Waals surface area contributed by atoms with Gasteiger partial charge in [0.2, 0.25) is 0 Å². The Morgan fingerprint density at radius 3 is 2.95 bits per heavy atom. The SMILES string of the molecule is Cc1ccc(C(=O)Cn2nc3cnccn3c2=O)s1. The summed E-state index contributed by atoms with van der Waals surface area (Å²) in [6.45, 7) is 1.88. The van der Waals surface area contributed by atoms with Crippen molar-refractivity contribution in [3.63, 3.8) is 0 Å². The maximum atomic E-state index is 12.0. The van der Waals surface area contributed by atoms with E-state index in [1.54, 1.807) is 6.07 Å². The van der Waals surface area contributed by atoms with E-state index in [-0.39, 0.29) is 18.0 Å². The van der Waals surface area contributed by atoms with Gasteiger partial charge >= 0.3 is 5.69 Å². The Kier molecular flexibility index (Phi) is 2.75. The molecule has 0 spiro atoms.